The van der Waals surface area contributed by atoms with Gasteiger partial charge in [-0.1, -0.05) is 30.3 Å². The fourth-order valence-electron chi connectivity index (χ4n) is 7.17. The van der Waals surface area contributed by atoms with Gasteiger partial charge in [0.2, 0.25) is 5.95 Å². The van der Waals surface area contributed by atoms with Crippen LogP contribution in [-0.2, 0) is 13.6 Å². The van der Waals surface area contributed by atoms with E-state index >= 15 is 0 Å². The number of urea groups is 1. The number of rotatable bonds is 9. The van der Waals surface area contributed by atoms with Crippen LogP contribution in [0, 0.1) is 17.2 Å². The number of aryl methyl sites for hydroxylation is 1. The maximum atomic E-state index is 13.8. The third-order valence-electron chi connectivity index (χ3n) is 9.76. The molecule has 1 saturated heterocycles. The minimum absolute atomic E-state index is 0.0290. The number of nitriles is 1. The zero-order valence-corrected chi connectivity index (χ0v) is 28.0. The fraction of sp³-hybridized carbons (Fsp3) is 0.444. The molecule has 1 saturated carbocycles. The number of carbonyl (C=O) groups is 1. The van der Waals surface area contributed by atoms with E-state index in [1.165, 1.54) is 0 Å². The summed E-state index contributed by atoms with van der Waals surface area (Å²) in [4.78, 5) is 31.7. The lowest BCUT2D eigenvalue weighted by Gasteiger charge is -2.36. The molecule has 2 fully saturated rings. The number of hydrogen-bond acceptors (Lipinski definition) is 9. The summed E-state index contributed by atoms with van der Waals surface area (Å²) >= 11 is 0. The largest absolute Gasteiger partial charge is 0.390 e. The molecule has 1 aliphatic carbocycles. The molecule has 3 N–H and O–H groups in total. The van der Waals surface area contributed by atoms with Crippen molar-refractivity contribution in [2.75, 3.05) is 21.7 Å². The number of hydrogen-bond donors (Lipinski definition) is 3. The third-order valence-corrected chi connectivity index (χ3v) is 9.76. The van der Waals surface area contributed by atoms with E-state index in [2.05, 4.69) is 38.6 Å². The molecule has 2 aliphatic rings. The van der Waals surface area contributed by atoms with Crippen LogP contribution in [-0.4, -0.2) is 66.1 Å². The second-order valence-corrected chi connectivity index (χ2v) is 13.5. The summed E-state index contributed by atoms with van der Waals surface area (Å²) in [6.45, 7) is 6.90. The summed E-state index contributed by atoms with van der Waals surface area (Å²) < 4.78 is 1.75. The van der Waals surface area contributed by atoms with E-state index in [1.54, 1.807) is 28.2 Å². The van der Waals surface area contributed by atoms with E-state index in [1.807, 2.05) is 69.6 Å². The van der Waals surface area contributed by atoms with Crippen LogP contribution in [0.4, 0.5) is 22.4 Å². The number of carbonyl (C=O) groups excluding carboxylic acids is 1. The summed E-state index contributed by atoms with van der Waals surface area (Å²) in [5.74, 6) is 1.76. The van der Waals surface area contributed by atoms with E-state index in [0.29, 0.717) is 36.2 Å². The van der Waals surface area contributed by atoms with Crippen LogP contribution in [0.25, 0.3) is 11.1 Å². The van der Waals surface area contributed by atoms with Gasteiger partial charge in [-0.25, -0.2) is 14.8 Å². The zero-order valence-electron chi connectivity index (χ0n) is 28.0. The number of aliphatic hydroxyl groups is 1. The Hall–Kier alpha value is -5.02. The van der Waals surface area contributed by atoms with Crippen molar-refractivity contribution >= 4 is 23.6 Å². The number of nitrogens with one attached hydrogen (secondary N) is 2. The maximum absolute atomic E-state index is 13.8. The average molecular weight is 649 g/mol. The SMILES string of the molecule is C[C@H]1[C@@H](C(C)(C)O)CCN1c1nc(NC2CCC(N(C(=O)NCc3ccccc3)c3ccc(-c4cnn(C)c4)cn3)CC2)ncc1C#N. The van der Waals surface area contributed by atoms with Crippen LogP contribution in [0.5, 0.6) is 0 Å². The number of anilines is 3. The topological polar surface area (TPSA) is 148 Å². The van der Waals surface area contributed by atoms with Crippen molar-refractivity contribution in [3.8, 4) is 17.2 Å². The number of nitrogens with zero attached hydrogens (tertiary/aromatic N) is 8. The Morgan fingerprint density at radius 3 is 2.44 bits per heavy atom. The Bertz CT molecular complexity index is 1740. The molecule has 4 heterocycles. The minimum Gasteiger partial charge on any atom is -0.390 e. The van der Waals surface area contributed by atoms with Crippen molar-refractivity contribution in [1.82, 2.24) is 30.0 Å². The van der Waals surface area contributed by atoms with Gasteiger partial charge in [-0.3, -0.25) is 9.58 Å². The van der Waals surface area contributed by atoms with Gasteiger partial charge in [0.25, 0.3) is 0 Å². The smallest absolute Gasteiger partial charge is 0.323 e. The third kappa shape index (κ3) is 7.26. The van der Waals surface area contributed by atoms with Gasteiger partial charge in [-0.05, 0) is 70.6 Å². The van der Waals surface area contributed by atoms with Crippen LogP contribution < -0.4 is 20.4 Å². The van der Waals surface area contributed by atoms with E-state index in [9.17, 15) is 15.2 Å². The van der Waals surface area contributed by atoms with Gasteiger partial charge in [0, 0.05) is 67.7 Å². The van der Waals surface area contributed by atoms with E-state index in [-0.39, 0.29) is 30.1 Å². The zero-order chi connectivity index (χ0) is 33.8. The predicted octanol–water partition coefficient (Wildman–Crippen LogP) is 5.27. The lowest BCUT2D eigenvalue weighted by atomic mass is 9.85. The van der Waals surface area contributed by atoms with Crippen molar-refractivity contribution in [3.05, 3.63) is 78.4 Å². The van der Waals surface area contributed by atoms with Gasteiger partial charge in [0.15, 0.2) is 5.82 Å². The monoisotopic (exact) mass is 648 g/mol. The van der Waals surface area contributed by atoms with Crippen molar-refractivity contribution in [3.63, 3.8) is 0 Å². The Morgan fingerprint density at radius 2 is 1.81 bits per heavy atom. The Morgan fingerprint density at radius 1 is 1.04 bits per heavy atom. The van der Waals surface area contributed by atoms with Crippen molar-refractivity contribution in [2.24, 2.45) is 13.0 Å². The molecular weight excluding hydrogens is 604 g/mol. The molecule has 1 aliphatic heterocycles. The molecule has 0 bridgehead atoms. The highest BCUT2D eigenvalue weighted by Gasteiger charge is 2.41. The van der Waals surface area contributed by atoms with Crippen LogP contribution in [0.3, 0.4) is 0 Å². The molecule has 0 unspecified atom stereocenters. The molecule has 0 radical (unpaired) electrons. The van der Waals surface area contributed by atoms with Gasteiger partial charge in [-0.15, -0.1) is 0 Å². The van der Waals surface area contributed by atoms with Gasteiger partial charge in [-0.2, -0.15) is 15.3 Å². The van der Waals surface area contributed by atoms with Crippen LogP contribution in [0.15, 0.2) is 67.3 Å². The first-order valence-corrected chi connectivity index (χ1v) is 16.7. The van der Waals surface area contributed by atoms with E-state index < -0.39 is 5.60 Å². The second kappa shape index (κ2) is 14.0. The fourth-order valence-corrected chi connectivity index (χ4v) is 7.17. The molecule has 250 valence electrons. The molecule has 2 atom stereocenters. The van der Waals surface area contributed by atoms with Gasteiger partial charge < -0.3 is 20.6 Å². The molecule has 6 rings (SSSR count). The standard InChI is InChI=1S/C36H44N10O2/c1-24-31(36(2,3)48)16-17-45(24)33-27(18-37)21-39-34(43-33)42-29-11-13-30(14-12-29)46(35(47)40-19-25-8-6-5-7-9-25)32-15-10-26(20-38-32)28-22-41-44(4)23-28/h5-10,15,20-24,29-31,48H,11-14,16-17,19H2,1-4H3,(H,40,47)(H,39,42,43)/t24-,29?,30?,31-/m0/s1. The summed E-state index contributed by atoms with van der Waals surface area (Å²) in [5, 5.41) is 31.4. The lowest BCUT2D eigenvalue weighted by molar-refractivity contribution is 0.0156. The molecule has 1 aromatic carbocycles. The lowest BCUT2D eigenvalue weighted by Crippen LogP contribution is -2.49. The number of aromatic nitrogens is 5. The molecule has 0 spiro atoms. The Balaban J connectivity index is 1.15. The van der Waals surface area contributed by atoms with Crippen LogP contribution in [0.1, 0.15) is 64.0 Å². The molecule has 3 aromatic heterocycles. The van der Waals surface area contributed by atoms with Crippen molar-refractivity contribution in [1.29, 1.82) is 5.26 Å². The van der Waals surface area contributed by atoms with Crippen molar-refractivity contribution < 1.29 is 9.90 Å². The van der Waals surface area contributed by atoms with Gasteiger partial charge >= 0.3 is 6.03 Å². The Labute approximate surface area is 281 Å². The second-order valence-electron chi connectivity index (χ2n) is 13.5. The van der Waals surface area contributed by atoms with Crippen molar-refractivity contribution in [2.45, 2.75) is 83.1 Å². The molecular formula is C36H44N10O2. The molecule has 12 nitrogen and oxygen atoms in total. The predicted molar refractivity (Wildman–Crippen MR) is 185 cm³/mol. The van der Waals surface area contributed by atoms with Crippen LogP contribution >= 0.6 is 0 Å². The van der Waals surface area contributed by atoms with E-state index in [0.717, 1.165) is 48.8 Å². The first-order valence-electron chi connectivity index (χ1n) is 16.7. The van der Waals surface area contributed by atoms with E-state index in [4.69, 9.17) is 9.97 Å². The molecule has 4 aromatic rings. The highest BCUT2D eigenvalue weighted by molar-refractivity contribution is 5.91. The average Bonchev–Trinajstić information content (AvgIpc) is 3.71. The maximum Gasteiger partial charge on any atom is 0.323 e. The first-order chi connectivity index (χ1) is 23.1. The highest BCUT2D eigenvalue weighted by atomic mass is 16.3. The van der Waals surface area contributed by atoms with Gasteiger partial charge in [0.05, 0.1) is 18.0 Å². The molecule has 12 heteroatoms. The summed E-state index contributed by atoms with van der Waals surface area (Å²) in [7, 11) is 1.88. The number of amides is 2. The molecule has 2 amide bonds. The summed E-state index contributed by atoms with van der Waals surface area (Å²) in [6, 6.07) is 15.9. The first kappa shape index (κ1) is 32.9. The highest BCUT2D eigenvalue weighted by Crippen LogP contribution is 2.37. The normalized spacial score (nSPS) is 21.0. The quantitative estimate of drug-likeness (QED) is 0.221. The van der Waals surface area contributed by atoms with Crippen LogP contribution in [0.2, 0.25) is 0 Å². The number of pyridine rings is 1. The summed E-state index contributed by atoms with van der Waals surface area (Å²) in [5.41, 5.74) is 2.53. The summed E-state index contributed by atoms with van der Waals surface area (Å²) in [6.07, 6.45) is 11.1. The van der Waals surface area contributed by atoms with Gasteiger partial charge in [0.1, 0.15) is 17.5 Å². The number of benzene rings is 1. The molecule has 48 heavy (non-hydrogen) atoms. The Kier molecular flexibility index (Phi) is 9.59. The minimum atomic E-state index is -0.822.